The highest BCUT2D eigenvalue weighted by atomic mass is 14.7. The second-order valence-corrected chi connectivity index (χ2v) is 3.70. The van der Waals surface area contributed by atoms with E-state index in [1.54, 1.807) is 0 Å². The van der Waals surface area contributed by atoms with E-state index in [1.807, 2.05) is 30.3 Å². The van der Waals surface area contributed by atoms with Crippen LogP contribution in [-0.2, 0) is 0 Å². The predicted octanol–water partition coefficient (Wildman–Crippen LogP) is 4.21. The van der Waals surface area contributed by atoms with Crippen LogP contribution in [0, 0.1) is 0 Å². The van der Waals surface area contributed by atoms with Crippen LogP contribution in [0.25, 0.3) is 17.0 Å². The number of nitrogens with zero attached hydrogens (tertiary/aromatic N) is 1. The predicted molar refractivity (Wildman–Crippen MR) is 70.2 cm³/mol. The summed E-state index contributed by atoms with van der Waals surface area (Å²) in [6.45, 7) is 3.70. The van der Waals surface area contributed by atoms with E-state index in [-0.39, 0.29) is 0 Å². The molecular formula is C15H15N. The Bertz CT molecular complexity index is 512. The van der Waals surface area contributed by atoms with Crippen LogP contribution >= 0.6 is 0 Å². The Morgan fingerprint density at radius 2 is 1.94 bits per heavy atom. The normalized spacial score (nSPS) is 11.0. The van der Waals surface area contributed by atoms with E-state index in [4.69, 9.17) is 0 Å². The van der Waals surface area contributed by atoms with Gasteiger partial charge in [0, 0.05) is 5.39 Å². The lowest BCUT2D eigenvalue weighted by molar-refractivity contribution is 1.06. The van der Waals surface area contributed by atoms with E-state index in [0.717, 1.165) is 24.1 Å². The van der Waals surface area contributed by atoms with Gasteiger partial charge >= 0.3 is 0 Å². The first-order valence-electron chi connectivity index (χ1n) is 5.53. The molecule has 80 valence electrons. The van der Waals surface area contributed by atoms with E-state index >= 15 is 0 Å². The highest BCUT2D eigenvalue weighted by molar-refractivity contribution is 5.79. The molecule has 1 heterocycles. The highest BCUT2D eigenvalue weighted by Crippen LogP contribution is 2.12. The van der Waals surface area contributed by atoms with Crippen LogP contribution in [0.1, 0.15) is 18.5 Å². The van der Waals surface area contributed by atoms with Gasteiger partial charge in [0.1, 0.15) is 0 Å². The Hall–Kier alpha value is -1.89. The standard InChI is InChI=1S/C15H15N/c1-2-3-4-5-9-14-12-11-13-8-6-7-10-15(13)16-14/h2,5-12H,1,3-4H2/b9-5+. The van der Waals surface area contributed by atoms with Crippen LogP contribution in [0.15, 0.2) is 55.1 Å². The zero-order valence-corrected chi connectivity index (χ0v) is 9.26. The maximum atomic E-state index is 4.56. The lowest BCUT2D eigenvalue weighted by atomic mass is 10.2. The third-order valence-corrected chi connectivity index (χ3v) is 2.45. The highest BCUT2D eigenvalue weighted by Gasteiger charge is 1.93. The number of allylic oxidation sites excluding steroid dienone is 2. The first kappa shape index (κ1) is 10.6. The molecule has 0 fully saturated rings. The van der Waals surface area contributed by atoms with E-state index in [9.17, 15) is 0 Å². The van der Waals surface area contributed by atoms with Gasteiger partial charge in [0.2, 0.25) is 0 Å². The minimum Gasteiger partial charge on any atom is -0.248 e. The fraction of sp³-hybridized carbons (Fsp3) is 0.133. The molecule has 1 aromatic carbocycles. The largest absolute Gasteiger partial charge is 0.248 e. The number of benzene rings is 1. The van der Waals surface area contributed by atoms with Gasteiger partial charge in [-0.25, -0.2) is 4.98 Å². The molecule has 0 aliphatic carbocycles. The fourth-order valence-corrected chi connectivity index (χ4v) is 1.59. The Kier molecular flexibility index (Phi) is 3.50. The minimum atomic E-state index is 1.02. The molecular weight excluding hydrogens is 194 g/mol. The summed E-state index contributed by atoms with van der Waals surface area (Å²) in [4.78, 5) is 4.56. The molecule has 2 rings (SSSR count). The maximum Gasteiger partial charge on any atom is 0.0709 e. The van der Waals surface area contributed by atoms with Gasteiger partial charge in [-0.1, -0.05) is 36.4 Å². The fourth-order valence-electron chi connectivity index (χ4n) is 1.59. The third-order valence-electron chi connectivity index (χ3n) is 2.45. The van der Waals surface area contributed by atoms with Gasteiger partial charge in [0.05, 0.1) is 11.2 Å². The Balaban J connectivity index is 2.19. The van der Waals surface area contributed by atoms with Crippen molar-refractivity contribution in [2.24, 2.45) is 0 Å². The van der Waals surface area contributed by atoms with Gasteiger partial charge in [0.15, 0.2) is 0 Å². The molecule has 0 spiro atoms. The molecule has 0 aliphatic rings. The molecule has 0 saturated carbocycles. The SMILES string of the molecule is C=CCC/C=C/c1ccc2ccccc2n1. The van der Waals surface area contributed by atoms with E-state index in [1.165, 1.54) is 5.39 Å². The monoisotopic (exact) mass is 209 g/mol. The summed E-state index contributed by atoms with van der Waals surface area (Å²) in [5, 5.41) is 1.19. The van der Waals surface area contributed by atoms with Crippen molar-refractivity contribution in [3.05, 3.63) is 60.8 Å². The number of unbranched alkanes of at least 4 members (excludes halogenated alkanes) is 1. The number of pyridine rings is 1. The van der Waals surface area contributed by atoms with E-state index in [2.05, 4.69) is 35.8 Å². The van der Waals surface area contributed by atoms with Crippen LogP contribution in [0.2, 0.25) is 0 Å². The molecule has 0 saturated heterocycles. The van der Waals surface area contributed by atoms with Crippen LogP contribution in [0.5, 0.6) is 0 Å². The molecule has 1 heteroatoms. The maximum absolute atomic E-state index is 4.56. The van der Waals surface area contributed by atoms with E-state index < -0.39 is 0 Å². The summed E-state index contributed by atoms with van der Waals surface area (Å²) in [5.41, 5.74) is 2.07. The Labute approximate surface area is 96.1 Å². The Morgan fingerprint density at radius 1 is 1.06 bits per heavy atom. The van der Waals surface area contributed by atoms with Crippen molar-refractivity contribution in [3.8, 4) is 0 Å². The van der Waals surface area contributed by atoms with Gasteiger partial charge in [-0.3, -0.25) is 0 Å². The lowest BCUT2D eigenvalue weighted by Crippen LogP contribution is -1.82. The zero-order valence-electron chi connectivity index (χ0n) is 9.26. The van der Waals surface area contributed by atoms with Crippen molar-refractivity contribution < 1.29 is 0 Å². The van der Waals surface area contributed by atoms with Crippen molar-refractivity contribution in [2.75, 3.05) is 0 Å². The van der Waals surface area contributed by atoms with Crippen molar-refractivity contribution in [3.63, 3.8) is 0 Å². The molecule has 16 heavy (non-hydrogen) atoms. The number of rotatable bonds is 4. The molecule has 2 aromatic rings. The number of para-hydroxylation sites is 1. The molecule has 0 unspecified atom stereocenters. The lowest BCUT2D eigenvalue weighted by Gasteiger charge is -1.97. The molecule has 0 bridgehead atoms. The van der Waals surface area contributed by atoms with Gasteiger partial charge < -0.3 is 0 Å². The number of fused-ring (bicyclic) bond motifs is 1. The van der Waals surface area contributed by atoms with Crippen molar-refractivity contribution in [2.45, 2.75) is 12.8 Å². The second kappa shape index (κ2) is 5.26. The Morgan fingerprint density at radius 3 is 2.81 bits per heavy atom. The zero-order chi connectivity index (χ0) is 11.2. The van der Waals surface area contributed by atoms with Gasteiger partial charge in [-0.05, 0) is 31.1 Å². The van der Waals surface area contributed by atoms with Crippen molar-refractivity contribution in [1.29, 1.82) is 0 Å². The number of aromatic nitrogens is 1. The quantitative estimate of drug-likeness (QED) is 0.543. The minimum absolute atomic E-state index is 1.02. The first-order chi connectivity index (χ1) is 7.90. The third kappa shape index (κ3) is 2.57. The molecule has 0 aliphatic heterocycles. The average Bonchev–Trinajstić information content (AvgIpc) is 2.34. The summed E-state index contributed by atoms with van der Waals surface area (Å²) >= 11 is 0. The summed E-state index contributed by atoms with van der Waals surface area (Å²) in [6, 6.07) is 12.3. The summed E-state index contributed by atoms with van der Waals surface area (Å²) in [5.74, 6) is 0. The van der Waals surface area contributed by atoms with Crippen LogP contribution in [-0.4, -0.2) is 4.98 Å². The second-order valence-electron chi connectivity index (χ2n) is 3.70. The first-order valence-corrected chi connectivity index (χ1v) is 5.53. The van der Waals surface area contributed by atoms with Crippen LogP contribution in [0.3, 0.4) is 0 Å². The van der Waals surface area contributed by atoms with Gasteiger partial charge in [-0.2, -0.15) is 0 Å². The van der Waals surface area contributed by atoms with Gasteiger partial charge in [0.25, 0.3) is 0 Å². The molecule has 0 N–H and O–H groups in total. The summed E-state index contributed by atoms with van der Waals surface area (Å²) in [6.07, 6.45) is 8.18. The van der Waals surface area contributed by atoms with Crippen LogP contribution < -0.4 is 0 Å². The molecule has 1 aromatic heterocycles. The van der Waals surface area contributed by atoms with Crippen molar-refractivity contribution >= 4 is 17.0 Å². The molecule has 1 nitrogen and oxygen atoms in total. The number of hydrogen-bond acceptors (Lipinski definition) is 1. The number of hydrogen-bond donors (Lipinski definition) is 0. The topological polar surface area (TPSA) is 12.9 Å². The van der Waals surface area contributed by atoms with Crippen molar-refractivity contribution in [1.82, 2.24) is 4.98 Å². The summed E-state index contributed by atoms with van der Waals surface area (Å²) in [7, 11) is 0. The smallest absolute Gasteiger partial charge is 0.0709 e. The molecule has 0 amide bonds. The van der Waals surface area contributed by atoms with E-state index in [0.29, 0.717) is 0 Å². The average molecular weight is 209 g/mol. The van der Waals surface area contributed by atoms with Crippen LogP contribution in [0.4, 0.5) is 0 Å². The molecule has 0 atom stereocenters. The molecule has 0 radical (unpaired) electrons. The van der Waals surface area contributed by atoms with Gasteiger partial charge in [-0.15, -0.1) is 6.58 Å². The summed E-state index contributed by atoms with van der Waals surface area (Å²) < 4.78 is 0.